The van der Waals surface area contributed by atoms with E-state index in [1.807, 2.05) is 27.7 Å². The van der Waals surface area contributed by atoms with E-state index in [2.05, 4.69) is 0 Å². The Morgan fingerprint density at radius 3 is 2.13 bits per heavy atom. The van der Waals surface area contributed by atoms with Crippen molar-refractivity contribution in [3.8, 4) is 0 Å². The number of Topliss-reactive ketones (excluding diaryl/α,β-unsaturated/α-hetero) is 1. The highest BCUT2D eigenvalue weighted by molar-refractivity contribution is 6.09. The minimum absolute atomic E-state index is 0.0148. The van der Waals surface area contributed by atoms with Gasteiger partial charge in [0.2, 0.25) is 0 Å². The highest BCUT2D eigenvalue weighted by atomic mass is 16.5. The van der Waals surface area contributed by atoms with Gasteiger partial charge in [0.1, 0.15) is 5.41 Å². The number of ketones is 1. The van der Waals surface area contributed by atoms with Crippen molar-refractivity contribution >= 4 is 11.8 Å². The molecule has 86 valence electrons. The summed E-state index contributed by atoms with van der Waals surface area (Å²) in [7, 11) is 0. The van der Waals surface area contributed by atoms with Crippen LogP contribution in [-0.4, -0.2) is 18.4 Å². The third kappa shape index (κ3) is 1.92. The van der Waals surface area contributed by atoms with Crippen molar-refractivity contribution in [2.45, 2.75) is 41.0 Å². The molecule has 0 heterocycles. The van der Waals surface area contributed by atoms with Gasteiger partial charge in [0, 0.05) is 5.41 Å². The normalized spacial score (nSPS) is 29.8. The Labute approximate surface area is 91.2 Å². The molecule has 0 N–H and O–H groups in total. The maximum absolute atomic E-state index is 12.2. The lowest BCUT2D eigenvalue weighted by atomic mass is 9.80. The molecule has 0 bridgehead atoms. The number of esters is 1. The molecule has 1 saturated carbocycles. The second kappa shape index (κ2) is 3.62. The van der Waals surface area contributed by atoms with E-state index < -0.39 is 10.8 Å². The van der Waals surface area contributed by atoms with E-state index in [0.29, 0.717) is 13.0 Å². The Bertz CT molecular complexity index is 288. The third-order valence-corrected chi connectivity index (χ3v) is 3.04. The molecule has 1 aliphatic rings. The number of carbonyl (C=O) groups is 2. The molecule has 3 heteroatoms. The quantitative estimate of drug-likeness (QED) is 0.532. The second-order valence-electron chi connectivity index (χ2n) is 5.38. The first kappa shape index (κ1) is 12.2. The Hall–Kier alpha value is -0.860. The number of carbonyl (C=O) groups excluding carboxylic acids is 2. The monoisotopic (exact) mass is 212 g/mol. The Morgan fingerprint density at radius 2 is 1.87 bits per heavy atom. The van der Waals surface area contributed by atoms with Gasteiger partial charge in [-0.05, 0) is 19.3 Å². The molecular weight excluding hydrogens is 192 g/mol. The van der Waals surface area contributed by atoms with Crippen LogP contribution in [0.1, 0.15) is 41.0 Å². The molecule has 0 aromatic rings. The summed E-state index contributed by atoms with van der Waals surface area (Å²) in [5, 5.41) is 0. The van der Waals surface area contributed by atoms with Crippen molar-refractivity contribution in [1.29, 1.82) is 0 Å². The predicted molar refractivity (Wildman–Crippen MR) is 57.3 cm³/mol. The zero-order chi connectivity index (χ0) is 11.9. The van der Waals surface area contributed by atoms with Gasteiger partial charge in [-0.3, -0.25) is 9.59 Å². The van der Waals surface area contributed by atoms with Gasteiger partial charge < -0.3 is 4.74 Å². The summed E-state index contributed by atoms with van der Waals surface area (Å²) in [6.45, 7) is 9.58. The molecule has 2 unspecified atom stereocenters. The van der Waals surface area contributed by atoms with Crippen molar-refractivity contribution in [2.75, 3.05) is 6.61 Å². The van der Waals surface area contributed by atoms with Crippen LogP contribution >= 0.6 is 0 Å². The Balaban J connectivity index is 2.89. The summed E-state index contributed by atoms with van der Waals surface area (Å²) in [6.07, 6.45) is 0.641. The van der Waals surface area contributed by atoms with Gasteiger partial charge in [0.05, 0.1) is 6.61 Å². The van der Waals surface area contributed by atoms with Crippen LogP contribution in [0.5, 0.6) is 0 Å². The van der Waals surface area contributed by atoms with Crippen LogP contribution in [-0.2, 0) is 14.3 Å². The lowest BCUT2D eigenvalue weighted by Gasteiger charge is -2.23. The topological polar surface area (TPSA) is 43.4 Å². The van der Waals surface area contributed by atoms with E-state index in [4.69, 9.17) is 4.74 Å². The van der Waals surface area contributed by atoms with Crippen molar-refractivity contribution < 1.29 is 14.3 Å². The number of rotatable bonds is 3. The molecule has 0 spiro atoms. The highest BCUT2D eigenvalue weighted by Crippen LogP contribution is 2.56. The van der Waals surface area contributed by atoms with Crippen LogP contribution in [0.4, 0.5) is 0 Å². The molecular formula is C12H20O3. The van der Waals surface area contributed by atoms with Crippen LogP contribution in [0.15, 0.2) is 0 Å². The molecule has 0 aliphatic heterocycles. The van der Waals surface area contributed by atoms with Crippen molar-refractivity contribution in [2.24, 2.45) is 16.7 Å². The van der Waals surface area contributed by atoms with Gasteiger partial charge in [0.25, 0.3) is 0 Å². The van der Waals surface area contributed by atoms with Crippen LogP contribution in [0.3, 0.4) is 0 Å². The molecule has 2 atom stereocenters. The van der Waals surface area contributed by atoms with Crippen LogP contribution in [0.25, 0.3) is 0 Å². The van der Waals surface area contributed by atoms with Crippen LogP contribution in [0.2, 0.25) is 0 Å². The molecule has 0 aromatic carbocycles. The van der Waals surface area contributed by atoms with Crippen LogP contribution in [0, 0.1) is 16.7 Å². The molecule has 3 nitrogen and oxygen atoms in total. The predicted octanol–water partition coefficient (Wildman–Crippen LogP) is 2.19. The summed E-state index contributed by atoms with van der Waals surface area (Å²) in [6, 6.07) is 0. The van der Waals surface area contributed by atoms with Gasteiger partial charge >= 0.3 is 5.97 Å². The smallest absolute Gasteiger partial charge is 0.319 e. The first-order valence-corrected chi connectivity index (χ1v) is 5.49. The van der Waals surface area contributed by atoms with Crippen LogP contribution < -0.4 is 0 Å². The maximum Gasteiger partial charge on any atom is 0.319 e. The van der Waals surface area contributed by atoms with Crippen molar-refractivity contribution in [3.63, 3.8) is 0 Å². The molecule has 0 radical (unpaired) electrons. The average molecular weight is 212 g/mol. The minimum atomic E-state index is -0.839. The zero-order valence-electron chi connectivity index (χ0n) is 10.2. The van der Waals surface area contributed by atoms with E-state index >= 15 is 0 Å². The maximum atomic E-state index is 12.2. The summed E-state index contributed by atoms with van der Waals surface area (Å²) < 4.78 is 5.00. The van der Waals surface area contributed by atoms with E-state index in [1.165, 1.54) is 0 Å². The van der Waals surface area contributed by atoms with E-state index in [0.717, 1.165) is 0 Å². The molecule has 0 saturated heterocycles. The fourth-order valence-electron chi connectivity index (χ4n) is 2.05. The van der Waals surface area contributed by atoms with Crippen molar-refractivity contribution in [1.82, 2.24) is 0 Å². The molecule has 1 rings (SSSR count). The SMILES string of the molecule is CCOC(=O)C1(C(=O)C(C)(C)C)CC1C. The summed E-state index contributed by atoms with van der Waals surface area (Å²) in [5.74, 6) is -0.193. The average Bonchev–Trinajstić information content (AvgIpc) is 2.76. The molecule has 1 aliphatic carbocycles. The van der Waals surface area contributed by atoms with Gasteiger partial charge in [0.15, 0.2) is 5.78 Å². The molecule has 1 fully saturated rings. The summed E-state index contributed by atoms with van der Waals surface area (Å²) in [5.41, 5.74) is -1.31. The van der Waals surface area contributed by atoms with E-state index in [1.54, 1.807) is 6.92 Å². The third-order valence-electron chi connectivity index (χ3n) is 3.04. The fraction of sp³-hybridized carbons (Fsp3) is 0.833. The summed E-state index contributed by atoms with van der Waals surface area (Å²) >= 11 is 0. The number of hydrogen-bond acceptors (Lipinski definition) is 3. The lowest BCUT2D eigenvalue weighted by Crippen LogP contribution is -2.37. The second-order valence-corrected chi connectivity index (χ2v) is 5.38. The van der Waals surface area contributed by atoms with Crippen molar-refractivity contribution in [3.05, 3.63) is 0 Å². The van der Waals surface area contributed by atoms with Gasteiger partial charge in [-0.15, -0.1) is 0 Å². The Kier molecular flexibility index (Phi) is 2.94. The van der Waals surface area contributed by atoms with Gasteiger partial charge in [-0.1, -0.05) is 27.7 Å². The van der Waals surface area contributed by atoms with E-state index in [-0.39, 0.29) is 17.7 Å². The lowest BCUT2D eigenvalue weighted by molar-refractivity contribution is -0.156. The number of hydrogen-bond donors (Lipinski definition) is 0. The fourth-order valence-corrected chi connectivity index (χ4v) is 2.05. The van der Waals surface area contributed by atoms with Gasteiger partial charge in [-0.25, -0.2) is 0 Å². The molecule has 0 aromatic heterocycles. The first-order valence-electron chi connectivity index (χ1n) is 5.49. The highest BCUT2D eigenvalue weighted by Gasteiger charge is 2.65. The molecule has 15 heavy (non-hydrogen) atoms. The van der Waals surface area contributed by atoms with Gasteiger partial charge in [-0.2, -0.15) is 0 Å². The molecule has 0 amide bonds. The zero-order valence-corrected chi connectivity index (χ0v) is 10.2. The van der Waals surface area contributed by atoms with E-state index in [9.17, 15) is 9.59 Å². The minimum Gasteiger partial charge on any atom is -0.465 e. The standard InChI is InChI=1S/C12H20O3/c1-6-15-10(14)12(7-8(12)2)9(13)11(3,4)5/h8H,6-7H2,1-5H3. The number of ether oxygens (including phenoxy) is 1. The Morgan fingerprint density at radius 1 is 1.40 bits per heavy atom. The largest absolute Gasteiger partial charge is 0.465 e. The first-order chi connectivity index (χ1) is 6.76. The summed E-state index contributed by atoms with van der Waals surface area (Å²) in [4.78, 5) is 24.0.